The number of halogens is 1. The van der Waals surface area contributed by atoms with Crippen molar-refractivity contribution in [1.29, 1.82) is 0 Å². The van der Waals surface area contributed by atoms with Gasteiger partial charge in [-0.25, -0.2) is 0 Å². The fourth-order valence-electron chi connectivity index (χ4n) is 1.60. The molecule has 0 bridgehead atoms. The van der Waals surface area contributed by atoms with Crippen molar-refractivity contribution in [3.63, 3.8) is 0 Å². The molecule has 0 nitrogen and oxygen atoms in total. The van der Waals surface area contributed by atoms with E-state index >= 15 is 0 Å². The van der Waals surface area contributed by atoms with Gasteiger partial charge < -0.3 is 0 Å². The first kappa shape index (κ1) is 14.0. The second kappa shape index (κ2) is 7.29. The topological polar surface area (TPSA) is 0 Å². The second-order valence-corrected chi connectivity index (χ2v) is 4.80. The molecule has 0 aliphatic rings. The van der Waals surface area contributed by atoms with Crippen LogP contribution in [0, 0.1) is 6.92 Å². The first-order valence-corrected chi connectivity index (χ1v) is 6.68. The Labute approximate surface area is 113 Å². The number of hydrogen-bond donors (Lipinski definition) is 0. The SMILES string of the molecule is C/C=C\C=C/Cc1ccc(C)c(/C(Br)=C\C)c1. The van der Waals surface area contributed by atoms with Crippen molar-refractivity contribution in [2.45, 2.75) is 27.2 Å². The van der Waals surface area contributed by atoms with E-state index in [1.165, 1.54) is 16.7 Å². The van der Waals surface area contributed by atoms with Crippen molar-refractivity contribution in [2.24, 2.45) is 0 Å². The van der Waals surface area contributed by atoms with Crippen LogP contribution < -0.4 is 0 Å². The lowest BCUT2D eigenvalue weighted by Gasteiger charge is -2.07. The molecule has 1 heteroatoms. The summed E-state index contributed by atoms with van der Waals surface area (Å²) >= 11 is 3.59. The Morgan fingerprint density at radius 1 is 1.24 bits per heavy atom. The molecule has 0 aliphatic heterocycles. The van der Waals surface area contributed by atoms with E-state index in [9.17, 15) is 0 Å². The molecular formula is C16H19Br. The number of benzene rings is 1. The molecule has 0 amide bonds. The normalized spacial score (nSPS) is 12.8. The molecule has 0 saturated carbocycles. The van der Waals surface area contributed by atoms with Gasteiger partial charge in [0, 0.05) is 4.48 Å². The minimum atomic E-state index is 0.974. The maximum Gasteiger partial charge on any atom is 0.0207 e. The maximum atomic E-state index is 3.59. The largest absolute Gasteiger partial charge is 0.0877 e. The zero-order valence-corrected chi connectivity index (χ0v) is 12.3. The summed E-state index contributed by atoms with van der Waals surface area (Å²) < 4.78 is 1.16. The van der Waals surface area contributed by atoms with Crippen LogP contribution in [0.2, 0.25) is 0 Å². The molecule has 0 radical (unpaired) electrons. The zero-order chi connectivity index (χ0) is 12.7. The highest BCUT2D eigenvalue weighted by Gasteiger charge is 2.02. The Kier molecular flexibility index (Phi) is 5.99. The third kappa shape index (κ3) is 4.35. The standard InChI is InChI=1S/C16H19Br/c1-4-6-7-8-9-14-11-10-13(3)15(12-14)16(17)5-2/h4-8,10-12H,9H2,1-3H3/b6-4-,8-7-,16-5+. The lowest BCUT2D eigenvalue weighted by molar-refractivity contribution is 1.25. The fourth-order valence-corrected chi connectivity index (χ4v) is 2.03. The second-order valence-electron chi connectivity index (χ2n) is 3.94. The van der Waals surface area contributed by atoms with Gasteiger partial charge in [0.05, 0.1) is 0 Å². The third-order valence-electron chi connectivity index (χ3n) is 2.61. The van der Waals surface area contributed by atoms with Gasteiger partial charge in [0.25, 0.3) is 0 Å². The first-order chi connectivity index (χ1) is 8.19. The van der Waals surface area contributed by atoms with Gasteiger partial charge in [-0.1, -0.05) is 64.5 Å². The summed E-state index contributed by atoms with van der Waals surface area (Å²) in [5.74, 6) is 0. The highest BCUT2D eigenvalue weighted by molar-refractivity contribution is 9.15. The van der Waals surface area contributed by atoms with Crippen molar-refractivity contribution in [1.82, 2.24) is 0 Å². The summed E-state index contributed by atoms with van der Waals surface area (Å²) in [6.07, 6.45) is 11.4. The summed E-state index contributed by atoms with van der Waals surface area (Å²) in [5.41, 5.74) is 3.92. The van der Waals surface area contributed by atoms with Gasteiger partial charge in [-0.15, -0.1) is 0 Å². The molecule has 1 aromatic carbocycles. The molecule has 0 heterocycles. The van der Waals surface area contributed by atoms with Gasteiger partial charge in [-0.3, -0.25) is 0 Å². The molecule has 0 saturated heterocycles. The Balaban J connectivity index is 2.89. The lowest BCUT2D eigenvalue weighted by Crippen LogP contribution is -1.88. The average molecular weight is 291 g/mol. The predicted octanol–water partition coefficient (Wildman–Crippen LogP) is 5.43. The monoisotopic (exact) mass is 290 g/mol. The third-order valence-corrected chi connectivity index (χ3v) is 3.49. The lowest BCUT2D eigenvalue weighted by atomic mass is 10.0. The van der Waals surface area contributed by atoms with Gasteiger partial charge in [0.15, 0.2) is 0 Å². The molecule has 0 aliphatic carbocycles. The van der Waals surface area contributed by atoms with Crippen molar-refractivity contribution in [2.75, 3.05) is 0 Å². The van der Waals surface area contributed by atoms with Crippen molar-refractivity contribution in [3.8, 4) is 0 Å². The summed E-state index contributed by atoms with van der Waals surface area (Å²) in [6.45, 7) is 6.21. The molecule has 17 heavy (non-hydrogen) atoms. The van der Waals surface area contributed by atoms with E-state index in [2.05, 4.69) is 65.4 Å². The predicted molar refractivity (Wildman–Crippen MR) is 81.4 cm³/mol. The van der Waals surface area contributed by atoms with Crippen LogP contribution in [0.15, 0.2) is 48.6 Å². The Hall–Kier alpha value is -1.08. The van der Waals surface area contributed by atoms with E-state index in [0.29, 0.717) is 0 Å². The molecule has 1 aromatic rings. The van der Waals surface area contributed by atoms with Crippen LogP contribution in [-0.2, 0) is 6.42 Å². The van der Waals surface area contributed by atoms with Crippen LogP contribution in [0.3, 0.4) is 0 Å². The van der Waals surface area contributed by atoms with E-state index in [-0.39, 0.29) is 0 Å². The van der Waals surface area contributed by atoms with Crippen LogP contribution in [0.5, 0.6) is 0 Å². The Morgan fingerprint density at radius 3 is 2.65 bits per heavy atom. The number of aryl methyl sites for hydroxylation is 1. The summed E-state index contributed by atoms with van der Waals surface area (Å²) in [7, 11) is 0. The molecular weight excluding hydrogens is 272 g/mol. The van der Waals surface area contributed by atoms with E-state index in [1.807, 2.05) is 19.9 Å². The van der Waals surface area contributed by atoms with Crippen LogP contribution in [0.4, 0.5) is 0 Å². The molecule has 0 N–H and O–H groups in total. The summed E-state index contributed by atoms with van der Waals surface area (Å²) in [6, 6.07) is 6.62. The van der Waals surface area contributed by atoms with Crippen molar-refractivity contribution in [3.05, 3.63) is 65.3 Å². The van der Waals surface area contributed by atoms with Crippen LogP contribution in [-0.4, -0.2) is 0 Å². The van der Waals surface area contributed by atoms with Gasteiger partial charge >= 0.3 is 0 Å². The van der Waals surface area contributed by atoms with Gasteiger partial charge in [0.1, 0.15) is 0 Å². The quantitative estimate of drug-likeness (QED) is 0.649. The highest BCUT2D eigenvalue weighted by atomic mass is 79.9. The smallest absolute Gasteiger partial charge is 0.0207 e. The molecule has 90 valence electrons. The highest BCUT2D eigenvalue weighted by Crippen LogP contribution is 2.25. The molecule has 0 fully saturated rings. The molecule has 0 atom stereocenters. The molecule has 1 rings (SSSR count). The Bertz CT molecular complexity index is 451. The van der Waals surface area contributed by atoms with Gasteiger partial charge in [-0.05, 0) is 43.9 Å². The summed E-state index contributed by atoms with van der Waals surface area (Å²) in [4.78, 5) is 0. The number of hydrogen-bond acceptors (Lipinski definition) is 0. The first-order valence-electron chi connectivity index (χ1n) is 5.88. The molecule has 0 aromatic heterocycles. The molecule has 0 unspecified atom stereocenters. The van der Waals surface area contributed by atoms with Gasteiger partial charge in [0.2, 0.25) is 0 Å². The van der Waals surface area contributed by atoms with Crippen molar-refractivity contribution >= 4 is 20.4 Å². The summed E-state index contributed by atoms with van der Waals surface area (Å²) in [5, 5.41) is 0. The minimum Gasteiger partial charge on any atom is -0.0877 e. The van der Waals surface area contributed by atoms with E-state index in [1.54, 1.807) is 0 Å². The zero-order valence-electron chi connectivity index (χ0n) is 10.7. The fraction of sp³-hybridized carbons (Fsp3) is 0.250. The van der Waals surface area contributed by atoms with Crippen LogP contribution >= 0.6 is 15.9 Å². The van der Waals surface area contributed by atoms with E-state index < -0.39 is 0 Å². The van der Waals surface area contributed by atoms with Crippen LogP contribution in [0.25, 0.3) is 4.48 Å². The number of rotatable bonds is 4. The molecule has 0 spiro atoms. The van der Waals surface area contributed by atoms with Crippen molar-refractivity contribution < 1.29 is 0 Å². The maximum absolute atomic E-state index is 3.59. The van der Waals surface area contributed by atoms with E-state index in [4.69, 9.17) is 0 Å². The van der Waals surface area contributed by atoms with Gasteiger partial charge in [-0.2, -0.15) is 0 Å². The van der Waals surface area contributed by atoms with E-state index in [0.717, 1.165) is 10.9 Å². The average Bonchev–Trinajstić information content (AvgIpc) is 2.35. The number of allylic oxidation sites excluding steroid dienone is 5. The minimum absolute atomic E-state index is 0.974. The van der Waals surface area contributed by atoms with Crippen LogP contribution in [0.1, 0.15) is 30.5 Å². The Morgan fingerprint density at radius 2 is 2.00 bits per heavy atom.